The second kappa shape index (κ2) is 7.24. The van der Waals surface area contributed by atoms with Gasteiger partial charge in [-0.15, -0.1) is 0 Å². The maximum absolute atomic E-state index is 13.4. The highest BCUT2D eigenvalue weighted by atomic mass is 35.5. The first-order valence-electron chi connectivity index (χ1n) is 6.63. The molecule has 0 aliphatic carbocycles. The van der Waals surface area contributed by atoms with E-state index in [0.29, 0.717) is 18.2 Å². The fraction of sp³-hybridized carbons (Fsp3) is 0.0667. The van der Waals surface area contributed by atoms with Gasteiger partial charge in [-0.05, 0) is 30.3 Å². The molecule has 2 aromatic carbocycles. The number of hydrogen-bond donors (Lipinski definition) is 2. The number of hydrogen-bond acceptors (Lipinski definition) is 2. The molecule has 26 heavy (non-hydrogen) atoms. The van der Waals surface area contributed by atoms with Crippen LogP contribution >= 0.6 is 11.6 Å². The molecule has 138 valence electrons. The third-order valence-electron chi connectivity index (χ3n) is 3.02. The zero-order valence-electron chi connectivity index (χ0n) is 12.3. The fourth-order valence-corrected chi connectivity index (χ4v) is 2.03. The molecule has 0 saturated heterocycles. The second-order valence-corrected chi connectivity index (χ2v) is 5.23. The van der Waals surface area contributed by atoms with Gasteiger partial charge in [0, 0.05) is 5.69 Å². The van der Waals surface area contributed by atoms with Gasteiger partial charge < -0.3 is 10.6 Å². The molecule has 0 aromatic heterocycles. The van der Waals surface area contributed by atoms with Crippen molar-refractivity contribution in [3.63, 3.8) is 0 Å². The second-order valence-electron chi connectivity index (χ2n) is 4.82. The summed E-state index contributed by atoms with van der Waals surface area (Å²) in [7, 11) is 0. The van der Waals surface area contributed by atoms with E-state index in [1.165, 1.54) is 0 Å². The van der Waals surface area contributed by atoms with E-state index in [1.54, 1.807) is 5.32 Å². The summed E-state index contributed by atoms with van der Waals surface area (Å²) >= 11 is 5.41. The molecule has 2 amide bonds. The van der Waals surface area contributed by atoms with Gasteiger partial charge in [0.2, 0.25) is 0 Å². The number of carbonyl (C=O) groups is 2. The molecular formula is C15H7ClF6N2O2. The van der Waals surface area contributed by atoms with Crippen LogP contribution < -0.4 is 10.6 Å². The van der Waals surface area contributed by atoms with Crippen LogP contribution in [0.4, 0.5) is 37.7 Å². The molecule has 0 heterocycles. The number of carbonyl (C=O) groups excluding carboxylic acids is 2. The van der Waals surface area contributed by atoms with Gasteiger partial charge in [-0.2, -0.15) is 13.2 Å². The van der Waals surface area contributed by atoms with E-state index in [4.69, 9.17) is 11.6 Å². The van der Waals surface area contributed by atoms with Gasteiger partial charge in [-0.3, -0.25) is 9.59 Å². The van der Waals surface area contributed by atoms with Crippen molar-refractivity contribution in [1.82, 2.24) is 0 Å². The van der Waals surface area contributed by atoms with Gasteiger partial charge in [0.25, 0.3) is 0 Å². The molecule has 2 rings (SSSR count). The van der Waals surface area contributed by atoms with Crippen molar-refractivity contribution in [2.45, 2.75) is 6.18 Å². The Balaban J connectivity index is 2.16. The third kappa shape index (κ3) is 4.26. The minimum atomic E-state index is -4.80. The van der Waals surface area contributed by atoms with E-state index >= 15 is 0 Å². The molecule has 0 bridgehead atoms. The summed E-state index contributed by atoms with van der Waals surface area (Å²) in [4.78, 5) is 23.4. The van der Waals surface area contributed by atoms with Crippen molar-refractivity contribution in [2.24, 2.45) is 0 Å². The summed E-state index contributed by atoms with van der Waals surface area (Å²) in [6.45, 7) is 0. The molecule has 0 atom stereocenters. The molecule has 0 radical (unpaired) electrons. The van der Waals surface area contributed by atoms with Crippen LogP contribution in [0.25, 0.3) is 0 Å². The molecule has 0 aliphatic rings. The Hall–Kier alpha value is -2.75. The number of benzene rings is 2. The van der Waals surface area contributed by atoms with Crippen LogP contribution in [0.15, 0.2) is 30.3 Å². The predicted molar refractivity (Wildman–Crippen MR) is 80.0 cm³/mol. The molecule has 0 unspecified atom stereocenters. The minimum absolute atomic E-state index is 0.410. The quantitative estimate of drug-likeness (QED) is 0.450. The number of anilines is 2. The SMILES string of the molecule is O=C(Nc1ccc(Cl)c(C(F)(F)F)c1)C(=O)Nc1ccc(F)c(F)c1F. The summed E-state index contributed by atoms with van der Waals surface area (Å²) in [5, 5.41) is 2.90. The van der Waals surface area contributed by atoms with Crippen LogP contribution in [0.2, 0.25) is 5.02 Å². The van der Waals surface area contributed by atoms with Gasteiger partial charge in [-0.1, -0.05) is 11.6 Å². The van der Waals surface area contributed by atoms with E-state index in [9.17, 15) is 35.9 Å². The normalized spacial score (nSPS) is 11.2. The monoisotopic (exact) mass is 396 g/mol. The average Bonchev–Trinajstić information content (AvgIpc) is 2.56. The van der Waals surface area contributed by atoms with Crippen molar-refractivity contribution < 1.29 is 35.9 Å². The van der Waals surface area contributed by atoms with Crippen molar-refractivity contribution in [1.29, 1.82) is 0 Å². The topological polar surface area (TPSA) is 58.2 Å². The Morgan fingerprint density at radius 1 is 0.885 bits per heavy atom. The number of nitrogens with one attached hydrogen (secondary N) is 2. The lowest BCUT2D eigenvalue weighted by Gasteiger charge is -2.12. The van der Waals surface area contributed by atoms with Gasteiger partial charge in [0.05, 0.1) is 16.3 Å². The smallest absolute Gasteiger partial charge is 0.318 e. The molecule has 11 heteroatoms. The molecule has 0 saturated carbocycles. The van der Waals surface area contributed by atoms with Crippen molar-refractivity contribution in [2.75, 3.05) is 10.6 Å². The lowest BCUT2D eigenvalue weighted by molar-refractivity contribution is -0.137. The largest absolute Gasteiger partial charge is 0.417 e. The van der Waals surface area contributed by atoms with Crippen LogP contribution in [-0.4, -0.2) is 11.8 Å². The molecule has 0 spiro atoms. The Labute approximate surface area is 146 Å². The summed E-state index contributed by atoms with van der Waals surface area (Å²) in [5.41, 5.74) is -2.48. The zero-order valence-corrected chi connectivity index (χ0v) is 13.1. The maximum Gasteiger partial charge on any atom is 0.417 e. The fourth-order valence-electron chi connectivity index (χ4n) is 1.81. The predicted octanol–water partition coefficient (Wildman–Crippen LogP) is 4.35. The van der Waals surface area contributed by atoms with Crippen LogP contribution in [0.1, 0.15) is 5.56 Å². The molecule has 0 fully saturated rings. The van der Waals surface area contributed by atoms with Crippen LogP contribution in [-0.2, 0) is 15.8 Å². The van der Waals surface area contributed by atoms with E-state index < -0.39 is 57.4 Å². The number of amides is 2. The minimum Gasteiger partial charge on any atom is -0.318 e. The first-order chi connectivity index (χ1) is 12.0. The number of rotatable bonds is 2. The Bertz CT molecular complexity index is 885. The van der Waals surface area contributed by atoms with E-state index in [1.807, 2.05) is 5.32 Å². The number of alkyl halides is 3. The first-order valence-corrected chi connectivity index (χ1v) is 7.01. The van der Waals surface area contributed by atoms with Crippen LogP contribution in [0.3, 0.4) is 0 Å². The third-order valence-corrected chi connectivity index (χ3v) is 3.35. The molecule has 0 aliphatic heterocycles. The van der Waals surface area contributed by atoms with Gasteiger partial charge >= 0.3 is 18.0 Å². The highest BCUT2D eigenvalue weighted by molar-refractivity contribution is 6.43. The highest BCUT2D eigenvalue weighted by Crippen LogP contribution is 2.36. The Morgan fingerprint density at radius 2 is 1.50 bits per heavy atom. The number of halogens is 7. The van der Waals surface area contributed by atoms with E-state index in [0.717, 1.165) is 12.1 Å². The van der Waals surface area contributed by atoms with Crippen LogP contribution in [0, 0.1) is 17.5 Å². The van der Waals surface area contributed by atoms with Gasteiger partial charge in [0.15, 0.2) is 17.5 Å². The molecule has 2 aromatic rings. The van der Waals surface area contributed by atoms with Crippen molar-refractivity contribution in [3.05, 3.63) is 58.4 Å². The lowest BCUT2D eigenvalue weighted by atomic mass is 10.2. The molecule has 4 nitrogen and oxygen atoms in total. The van der Waals surface area contributed by atoms with E-state index in [2.05, 4.69) is 0 Å². The zero-order chi connectivity index (χ0) is 19.6. The summed E-state index contributed by atoms with van der Waals surface area (Å²) in [6, 6.07) is 3.53. The summed E-state index contributed by atoms with van der Waals surface area (Å²) < 4.78 is 77.5. The molecular weight excluding hydrogens is 390 g/mol. The Morgan fingerprint density at radius 3 is 2.12 bits per heavy atom. The first kappa shape index (κ1) is 19.6. The maximum atomic E-state index is 13.4. The summed E-state index contributed by atoms with van der Waals surface area (Å²) in [5.74, 6) is -8.10. The summed E-state index contributed by atoms with van der Waals surface area (Å²) in [6.07, 6.45) is -4.80. The van der Waals surface area contributed by atoms with E-state index in [-0.39, 0.29) is 0 Å². The standard InChI is InChI=1S/C15H7ClF6N2O2/c16-8-2-1-6(5-7(8)15(20,21)22)23-13(25)14(26)24-10-4-3-9(17)11(18)12(10)19/h1-5H,(H,23,25)(H,24,26). The van der Waals surface area contributed by atoms with Gasteiger partial charge in [-0.25, -0.2) is 13.2 Å². The van der Waals surface area contributed by atoms with Crippen molar-refractivity contribution >= 4 is 34.8 Å². The van der Waals surface area contributed by atoms with Crippen LogP contribution in [0.5, 0.6) is 0 Å². The lowest BCUT2D eigenvalue weighted by Crippen LogP contribution is -2.29. The average molecular weight is 397 g/mol. The molecule has 2 N–H and O–H groups in total. The van der Waals surface area contributed by atoms with Crippen molar-refractivity contribution in [3.8, 4) is 0 Å². The van der Waals surface area contributed by atoms with Gasteiger partial charge in [0.1, 0.15) is 0 Å². The Kier molecular flexibility index (Phi) is 5.45. The highest BCUT2D eigenvalue weighted by Gasteiger charge is 2.33.